The second-order valence-electron chi connectivity index (χ2n) is 3.98. The lowest BCUT2D eigenvalue weighted by molar-refractivity contribution is 1.23. The maximum absolute atomic E-state index is 4.60. The molecule has 15 heavy (non-hydrogen) atoms. The Morgan fingerprint density at radius 3 is 2.40 bits per heavy atom. The van der Waals surface area contributed by atoms with E-state index in [0.717, 1.165) is 11.2 Å². The summed E-state index contributed by atoms with van der Waals surface area (Å²) in [6, 6.07) is 6.37. The molecule has 1 heterocycles. The van der Waals surface area contributed by atoms with Crippen LogP contribution >= 0.6 is 0 Å². The average molecular weight is 200 g/mol. The molecule has 2 nitrogen and oxygen atoms in total. The van der Waals surface area contributed by atoms with Gasteiger partial charge in [-0.25, -0.2) is 0 Å². The lowest BCUT2D eigenvalue weighted by Crippen LogP contribution is -1.96. The molecule has 0 aliphatic carbocycles. The van der Waals surface area contributed by atoms with Crippen LogP contribution in [0.1, 0.15) is 16.8 Å². The molecule has 1 aromatic carbocycles. The van der Waals surface area contributed by atoms with E-state index < -0.39 is 0 Å². The topological polar surface area (TPSA) is 24.9 Å². The normalized spacial score (nSPS) is 10.7. The molecule has 0 radical (unpaired) electrons. The molecule has 78 valence electrons. The van der Waals surface area contributed by atoms with Gasteiger partial charge in [0.25, 0.3) is 0 Å². The van der Waals surface area contributed by atoms with Crippen molar-refractivity contribution < 1.29 is 0 Å². The van der Waals surface area contributed by atoms with Crippen LogP contribution in [0.2, 0.25) is 0 Å². The molecule has 0 spiro atoms. The lowest BCUT2D eigenvalue weighted by atomic mass is 10.0. The van der Waals surface area contributed by atoms with Crippen LogP contribution < -0.4 is 5.32 Å². The van der Waals surface area contributed by atoms with Crippen LogP contribution in [0.15, 0.2) is 18.2 Å². The molecule has 0 bridgehead atoms. The number of nitrogens with zero attached hydrogens (tertiary/aromatic N) is 1. The molecule has 2 aromatic rings. The highest BCUT2D eigenvalue weighted by Crippen LogP contribution is 2.28. The lowest BCUT2D eigenvalue weighted by Gasteiger charge is -2.11. The Morgan fingerprint density at radius 1 is 1.07 bits per heavy atom. The number of pyridine rings is 1. The minimum Gasteiger partial charge on any atom is -0.388 e. The van der Waals surface area contributed by atoms with E-state index in [1.54, 1.807) is 0 Å². The van der Waals surface area contributed by atoms with E-state index in [4.69, 9.17) is 0 Å². The van der Waals surface area contributed by atoms with Gasteiger partial charge in [0.1, 0.15) is 0 Å². The zero-order valence-electron chi connectivity index (χ0n) is 9.68. The quantitative estimate of drug-likeness (QED) is 0.764. The van der Waals surface area contributed by atoms with Gasteiger partial charge in [0.05, 0.1) is 5.52 Å². The number of fused-ring (bicyclic) bond motifs is 1. The number of hydrogen-bond acceptors (Lipinski definition) is 2. The van der Waals surface area contributed by atoms with Gasteiger partial charge in [-0.15, -0.1) is 0 Å². The zero-order chi connectivity index (χ0) is 11.0. The van der Waals surface area contributed by atoms with Crippen molar-refractivity contribution in [2.75, 3.05) is 12.4 Å². The van der Waals surface area contributed by atoms with Crippen LogP contribution in [0.5, 0.6) is 0 Å². The number of anilines is 1. The zero-order valence-corrected chi connectivity index (χ0v) is 9.68. The van der Waals surface area contributed by atoms with Crippen molar-refractivity contribution in [3.05, 3.63) is 35.0 Å². The van der Waals surface area contributed by atoms with Crippen molar-refractivity contribution in [1.82, 2.24) is 4.98 Å². The van der Waals surface area contributed by atoms with Crippen molar-refractivity contribution in [3.8, 4) is 0 Å². The molecule has 0 fully saturated rings. The van der Waals surface area contributed by atoms with Gasteiger partial charge in [-0.2, -0.15) is 0 Å². The maximum atomic E-state index is 4.60. The van der Waals surface area contributed by atoms with Gasteiger partial charge >= 0.3 is 0 Å². The van der Waals surface area contributed by atoms with Crippen molar-refractivity contribution in [2.45, 2.75) is 20.8 Å². The number of hydrogen-bond donors (Lipinski definition) is 1. The fourth-order valence-corrected chi connectivity index (χ4v) is 1.97. The van der Waals surface area contributed by atoms with Gasteiger partial charge in [-0.05, 0) is 38.0 Å². The minimum atomic E-state index is 1.06. The van der Waals surface area contributed by atoms with Crippen LogP contribution in [-0.2, 0) is 0 Å². The third-order valence-electron chi connectivity index (χ3n) is 2.77. The van der Waals surface area contributed by atoms with Crippen molar-refractivity contribution in [3.63, 3.8) is 0 Å². The largest absolute Gasteiger partial charge is 0.388 e. The average Bonchev–Trinajstić information content (AvgIpc) is 2.22. The molecule has 0 saturated heterocycles. The Morgan fingerprint density at radius 2 is 1.73 bits per heavy atom. The second kappa shape index (κ2) is 3.54. The predicted molar refractivity (Wildman–Crippen MR) is 65.5 cm³/mol. The highest BCUT2D eigenvalue weighted by molar-refractivity contribution is 5.95. The number of nitrogens with one attached hydrogen (secondary N) is 1. The predicted octanol–water partition coefficient (Wildman–Crippen LogP) is 3.20. The molecular weight excluding hydrogens is 184 g/mol. The summed E-state index contributed by atoms with van der Waals surface area (Å²) < 4.78 is 0. The summed E-state index contributed by atoms with van der Waals surface area (Å²) >= 11 is 0. The first-order valence-electron chi connectivity index (χ1n) is 5.19. The van der Waals surface area contributed by atoms with Crippen LogP contribution in [-0.4, -0.2) is 12.0 Å². The van der Waals surface area contributed by atoms with E-state index in [2.05, 4.69) is 42.3 Å². The Balaban J connectivity index is 2.95. The van der Waals surface area contributed by atoms with E-state index in [0.29, 0.717) is 0 Å². The van der Waals surface area contributed by atoms with E-state index in [1.807, 2.05) is 14.0 Å². The van der Waals surface area contributed by atoms with Crippen molar-refractivity contribution in [2.24, 2.45) is 0 Å². The maximum Gasteiger partial charge on any atom is 0.0757 e. The van der Waals surface area contributed by atoms with E-state index in [9.17, 15) is 0 Å². The minimum absolute atomic E-state index is 1.06. The highest BCUT2D eigenvalue weighted by Gasteiger charge is 2.07. The first-order chi connectivity index (χ1) is 7.13. The first kappa shape index (κ1) is 9.97. The van der Waals surface area contributed by atoms with E-state index in [1.165, 1.54) is 22.2 Å². The van der Waals surface area contributed by atoms with Crippen molar-refractivity contribution >= 4 is 16.6 Å². The third-order valence-corrected chi connectivity index (χ3v) is 2.77. The fourth-order valence-electron chi connectivity index (χ4n) is 1.97. The van der Waals surface area contributed by atoms with E-state index >= 15 is 0 Å². The standard InChI is InChI=1S/C13H16N2/c1-8-5-6-9(2)13-12(8)11(14-4)7-10(3)15-13/h5-7H,1-4H3,(H,14,15). The summed E-state index contributed by atoms with van der Waals surface area (Å²) in [4.78, 5) is 4.60. The summed E-state index contributed by atoms with van der Waals surface area (Å²) in [5.74, 6) is 0. The number of aryl methyl sites for hydroxylation is 3. The molecule has 0 atom stereocenters. The summed E-state index contributed by atoms with van der Waals surface area (Å²) in [5, 5.41) is 4.48. The molecule has 0 amide bonds. The first-order valence-corrected chi connectivity index (χ1v) is 5.19. The molecule has 0 saturated carbocycles. The molecule has 0 aliphatic rings. The molecular formula is C13H16N2. The molecule has 1 N–H and O–H groups in total. The summed E-state index contributed by atoms with van der Waals surface area (Å²) in [7, 11) is 1.95. The number of benzene rings is 1. The summed E-state index contributed by atoms with van der Waals surface area (Å²) in [6.45, 7) is 6.26. The Bertz CT molecular complexity index is 515. The smallest absolute Gasteiger partial charge is 0.0757 e. The Labute approximate surface area is 90.3 Å². The Kier molecular flexibility index (Phi) is 2.35. The molecule has 2 heteroatoms. The molecule has 0 unspecified atom stereocenters. The van der Waals surface area contributed by atoms with Gasteiger partial charge in [-0.3, -0.25) is 4.98 Å². The van der Waals surface area contributed by atoms with Gasteiger partial charge in [0.2, 0.25) is 0 Å². The molecule has 1 aromatic heterocycles. The van der Waals surface area contributed by atoms with Gasteiger partial charge < -0.3 is 5.32 Å². The molecule has 2 rings (SSSR count). The van der Waals surface area contributed by atoms with Crippen LogP contribution in [0.4, 0.5) is 5.69 Å². The number of rotatable bonds is 1. The van der Waals surface area contributed by atoms with Gasteiger partial charge in [-0.1, -0.05) is 12.1 Å². The monoisotopic (exact) mass is 200 g/mol. The van der Waals surface area contributed by atoms with E-state index in [-0.39, 0.29) is 0 Å². The van der Waals surface area contributed by atoms with Crippen LogP contribution in [0.3, 0.4) is 0 Å². The summed E-state index contributed by atoms with van der Waals surface area (Å²) in [6.07, 6.45) is 0. The Hall–Kier alpha value is -1.57. The number of aromatic nitrogens is 1. The van der Waals surface area contributed by atoms with Crippen LogP contribution in [0.25, 0.3) is 10.9 Å². The van der Waals surface area contributed by atoms with Crippen molar-refractivity contribution in [1.29, 1.82) is 0 Å². The van der Waals surface area contributed by atoms with Crippen LogP contribution in [0, 0.1) is 20.8 Å². The summed E-state index contributed by atoms with van der Waals surface area (Å²) in [5.41, 5.74) is 5.84. The third kappa shape index (κ3) is 1.56. The van der Waals surface area contributed by atoms with Gasteiger partial charge in [0.15, 0.2) is 0 Å². The second-order valence-corrected chi connectivity index (χ2v) is 3.98. The SMILES string of the molecule is CNc1cc(C)nc2c(C)ccc(C)c12. The molecule has 0 aliphatic heterocycles. The van der Waals surface area contributed by atoms with Gasteiger partial charge in [0, 0.05) is 23.8 Å². The fraction of sp³-hybridized carbons (Fsp3) is 0.308. The highest BCUT2D eigenvalue weighted by atomic mass is 14.8.